The molecule has 1 saturated heterocycles. The number of ether oxygens (including phenoxy) is 1. The molecule has 1 unspecified atom stereocenters. The Bertz CT molecular complexity index is 555. The highest BCUT2D eigenvalue weighted by molar-refractivity contribution is 5.85. The standard InChI is InChI=1S/C22H37N3O2.2ClH/c1-22(2,3)18-7-9-20(10-8-18)27-17-19(26)16-24-12-14-25(15-13-24)21-6-4-5-11-23-21;;/h4-6,11,18-20,26H,7-10,12-17H2,1-3H3;2*1H. The second-order valence-corrected chi connectivity index (χ2v) is 9.30. The molecule has 1 aromatic heterocycles. The van der Waals surface area contributed by atoms with Gasteiger partial charge < -0.3 is 14.7 Å². The van der Waals surface area contributed by atoms with Crippen LogP contribution in [0.5, 0.6) is 0 Å². The lowest BCUT2D eigenvalue weighted by Gasteiger charge is -2.38. The first kappa shape index (κ1) is 26.4. The number of piperazine rings is 1. The van der Waals surface area contributed by atoms with Crippen molar-refractivity contribution in [1.82, 2.24) is 9.88 Å². The quantitative estimate of drug-likeness (QED) is 0.712. The predicted octanol–water partition coefficient (Wildman–Crippen LogP) is 4.03. The third-order valence-electron chi connectivity index (χ3n) is 6.24. The van der Waals surface area contributed by atoms with E-state index in [2.05, 4.69) is 41.6 Å². The van der Waals surface area contributed by atoms with Crippen LogP contribution in [0.4, 0.5) is 5.82 Å². The maximum absolute atomic E-state index is 10.4. The largest absolute Gasteiger partial charge is 0.389 e. The van der Waals surface area contributed by atoms with Crippen LogP contribution in [0, 0.1) is 11.3 Å². The summed E-state index contributed by atoms with van der Waals surface area (Å²) >= 11 is 0. The van der Waals surface area contributed by atoms with Crippen molar-refractivity contribution in [2.45, 2.75) is 58.7 Å². The molecule has 2 aliphatic rings. The number of rotatable bonds is 6. The van der Waals surface area contributed by atoms with Gasteiger partial charge in [0.2, 0.25) is 0 Å². The van der Waals surface area contributed by atoms with E-state index in [0.717, 1.165) is 50.8 Å². The molecule has 7 heteroatoms. The lowest BCUT2D eigenvalue weighted by molar-refractivity contribution is -0.0446. The number of pyridine rings is 1. The number of hydrogen-bond donors (Lipinski definition) is 1. The van der Waals surface area contributed by atoms with E-state index in [4.69, 9.17) is 4.74 Å². The summed E-state index contributed by atoms with van der Waals surface area (Å²) in [5.41, 5.74) is 0.405. The molecule has 2 heterocycles. The minimum atomic E-state index is -0.397. The molecule has 0 amide bonds. The van der Waals surface area contributed by atoms with E-state index in [1.807, 2.05) is 18.3 Å². The van der Waals surface area contributed by atoms with Crippen molar-refractivity contribution in [2.75, 3.05) is 44.2 Å². The molecule has 1 aromatic rings. The fourth-order valence-corrected chi connectivity index (χ4v) is 4.39. The Balaban J connectivity index is 0.00000210. The first-order chi connectivity index (χ1) is 12.9. The number of nitrogens with zero attached hydrogens (tertiary/aromatic N) is 3. The van der Waals surface area contributed by atoms with Crippen LogP contribution in [0.25, 0.3) is 0 Å². The molecule has 1 atom stereocenters. The van der Waals surface area contributed by atoms with E-state index in [-0.39, 0.29) is 24.8 Å². The number of aliphatic hydroxyl groups is 1. The van der Waals surface area contributed by atoms with Crippen LogP contribution in [0.1, 0.15) is 46.5 Å². The molecule has 1 aliphatic carbocycles. The summed E-state index contributed by atoms with van der Waals surface area (Å²) in [5.74, 6) is 1.85. The van der Waals surface area contributed by atoms with Crippen LogP contribution < -0.4 is 4.90 Å². The molecule has 1 saturated carbocycles. The third kappa shape index (κ3) is 8.22. The molecule has 2 fully saturated rings. The van der Waals surface area contributed by atoms with Crippen molar-refractivity contribution in [3.63, 3.8) is 0 Å². The van der Waals surface area contributed by atoms with Crippen LogP contribution in [0.15, 0.2) is 24.4 Å². The van der Waals surface area contributed by atoms with Gasteiger partial charge in [-0.05, 0) is 49.1 Å². The van der Waals surface area contributed by atoms with Crippen LogP contribution in [-0.2, 0) is 4.74 Å². The van der Waals surface area contributed by atoms with Crippen molar-refractivity contribution in [3.05, 3.63) is 24.4 Å². The Labute approximate surface area is 189 Å². The normalized spacial score (nSPS) is 24.3. The fourth-order valence-electron chi connectivity index (χ4n) is 4.39. The van der Waals surface area contributed by atoms with E-state index >= 15 is 0 Å². The van der Waals surface area contributed by atoms with Crippen molar-refractivity contribution >= 4 is 30.6 Å². The fraction of sp³-hybridized carbons (Fsp3) is 0.773. The second kappa shape index (κ2) is 12.3. The van der Waals surface area contributed by atoms with Gasteiger partial charge in [0.15, 0.2) is 0 Å². The third-order valence-corrected chi connectivity index (χ3v) is 6.24. The van der Waals surface area contributed by atoms with Crippen molar-refractivity contribution in [1.29, 1.82) is 0 Å². The summed E-state index contributed by atoms with van der Waals surface area (Å²) in [4.78, 5) is 9.08. The summed E-state index contributed by atoms with van der Waals surface area (Å²) in [6.45, 7) is 12.0. The van der Waals surface area contributed by atoms with Gasteiger partial charge in [-0.3, -0.25) is 4.90 Å². The molecular formula is C22H39Cl2N3O2. The smallest absolute Gasteiger partial charge is 0.128 e. The van der Waals surface area contributed by atoms with Gasteiger partial charge in [-0.15, -0.1) is 24.8 Å². The lowest BCUT2D eigenvalue weighted by atomic mass is 9.72. The molecule has 1 aliphatic heterocycles. The SMILES string of the molecule is CC(C)(C)C1CCC(OCC(O)CN2CCN(c3ccccn3)CC2)CC1.Cl.Cl. The van der Waals surface area contributed by atoms with Crippen LogP contribution in [0.3, 0.4) is 0 Å². The second-order valence-electron chi connectivity index (χ2n) is 9.30. The number of aromatic nitrogens is 1. The summed E-state index contributed by atoms with van der Waals surface area (Å²) in [6.07, 6.45) is 6.55. The number of aliphatic hydroxyl groups excluding tert-OH is 1. The number of anilines is 1. The Morgan fingerprint density at radius 2 is 1.72 bits per heavy atom. The van der Waals surface area contributed by atoms with E-state index < -0.39 is 6.10 Å². The first-order valence-corrected chi connectivity index (χ1v) is 10.6. The van der Waals surface area contributed by atoms with Gasteiger partial charge in [0.25, 0.3) is 0 Å². The van der Waals surface area contributed by atoms with Crippen LogP contribution >= 0.6 is 24.8 Å². The lowest BCUT2D eigenvalue weighted by Crippen LogP contribution is -2.49. The Morgan fingerprint density at radius 3 is 2.28 bits per heavy atom. The van der Waals surface area contributed by atoms with E-state index in [0.29, 0.717) is 24.7 Å². The van der Waals surface area contributed by atoms with Gasteiger partial charge in [0.1, 0.15) is 5.82 Å². The van der Waals surface area contributed by atoms with E-state index in [1.54, 1.807) is 0 Å². The highest BCUT2D eigenvalue weighted by Gasteiger charge is 2.30. The molecule has 0 aromatic carbocycles. The number of halogens is 2. The highest BCUT2D eigenvalue weighted by atomic mass is 35.5. The summed E-state index contributed by atoms with van der Waals surface area (Å²) < 4.78 is 6.04. The van der Waals surface area contributed by atoms with Crippen molar-refractivity contribution in [2.24, 2.45) is 11.3 Å². The van der Waals surface area contributed by atoms with Gasteiger partial charge in [0.05, 0.1) is 18.8 Å². The average Bonchev–Trinajstić information content (AvgIpc) is 2.67. The summed E-state index contributed by atoms with van der Waals surface area (Å²) in [5, 5.41) is 10.4. The Hall–Kier alpha value is -0.590. The molecule has 29 heavy (non-hydrogen) atoms. The monoisotopic (exact) mass is 447 g/mol. The maximum atomic E-state index is 10.4. The van der Waals surface area contributed by atoms with Crippen molar-refractivity contribution in [3.8, 4) is 0 Å². The van der Waals surface area contributed by atoms with Gasteiger partial charge in [0, 0.05) is 38.9 Å². The van der Waals surface area contributed by atoms with E-state index in [9.17, 15) is 5.11 Å². The first-order valence-electron chi connectivity index (χ1n) is 10.6. The van der Waals surface area contributed by atoms with Gasteiger partial charge in [-0.1, -0.05) is 26.8 Å². The molecule has 0 radical (unpaired) electrons. The predicted molar refractivity (Wildman–Crippen MR) is 125 cm³/mol. The molecule has 0 bridgehead atoms. The minimum Gasteiger partial charge on any atom is -0.389 e. The summed E-state index contributed by atoms with van der Waals surface area (Å²) in [6, 6.07) is 6.04. The van der Waals surface area contributed by atoms with Gasteiger partial charge in [-0.25, -0.2) is 4.98 Å². The average molecular weight is 448 g/mol. The number of β-amino-alcohol motifs (C(OH)–C–C–N with tert-alkyl or cyclic N) is 1. The van der Waals surface area contributed by atoms with Crippen LogP contribution in [0.2, 0.25) is 0 Å². The van der Waals surface area contributed by atoms with Gasteiger partial charge in [-0.2, -0.15) is 0 Å². The van der Waals surface area contributed by atoms with E-state index in [1.165, 1.54) is 12.8 Å². The molecule has 5 nitrogen and oxygen atoms in total. The molecular weight excluding hydrogens is 409 g/mol. The maximum Gasteiger partial charge on any atom is 0.128 e. The Morgan fingerprint density at radius 1 is 1.07 bits per heavy atom. The molecule has 168 valence electrons. The van der Waals surface area contributed by atoms with Crippen molar-refractivity contribution < 1.29 is 9.84 Å². The zero-order chi connectivity index (χ0) is 19.3. The van der Waals surface area contributed by atoms with Crippen LogP contribution in [-0.4, -0.2) is 66.5 Å². The molecule has 3 rings (SSSR count). The zero-order valence-electron chi connectivity index (χ0n) is 18.1. The number of hydrogen-bond acceptors (Lipinski definition) is 5. The van der Waals surface area contributed by atoms with Gasteiger partial charge >= 0.3 is 0 Å². The topological polar surface area (TPSA) is 48.8 Å². The molecule has 1 N–H and O–H groups in total. The molecule has 0 spiro atoms. The minimum absolute atomic E-state index is 0. The zero-order valence-corrected chi connectivity index (χ0v) is 19.8. The highest BCUT2D eigenvalue weighted by Crippen LogP contribution is 2.38. The Kier molecular flexibility index (Phi) is 11.2. The summed E-state index contributed by atoms with van der Waals surface area (Å²) in [7, 11) is 0.